The van der Waals surface area contributed by atoms with E-state index in [4.69, 9.17) is 26.5 Å². The molecule has 4 aromatic rings. The Kier molecular flexibility index (Phi) is 8.52. The van der Waals surface area contributed by atoms with E-state index in [0.29, 0.717) is 22.9 Å². The lowest BCUT2D eigenvalue weighted by molar-refractivity contribution is -0.137. The average Bonchev–Trinajstić information content (AvgIpc) is 3.30. The van der Waals surface area contributed by atoms with Crippen molar-refractivity contribution in [1.29, 1.82) is 0 Å². The number of fused-ring (bicyclic) bond motifs is 1. The molecule has 3 aromatic carbocycles. The van der Waals surface area contributed by atoms with Gasteiger partial charge in [-0.15, -0.1) is 0 Å². The molecule has 0 aliphatic heterocycles. The van der Waals surface area contributed by atoms with Crippen molar-refractivity contribution in [2.45, 2.75) is 52.5 Å². The predicted octanol–water partition coefficient (Wildman–Crippen LogP) is 7.75. The molecule has 0 aliphatic carbocycles. The third-order valence-corrected chi connectivity index (χ3v) is 7.05. The number of nitrogens with zero attached hydrogens (tertiary/aromatic N) is 2. The molecule has 38 heavy (non-hydrogen) atoms. The van der Waals surface area contributed by atoms with Gasteiger partial charge in [0.25, 0.3) is 0 Å². The van der Waals surface area contributed by atoms with Crippen LogP contribution in [0.15, 0.2) is 60.8 Å². The number of ketones is 1. The van der Waals surface area contributed by atoms with Crippen molar-refractivity contribution in [2.24, 2.45) is 5.92 Å². The van der Waals surface area contributed by atoms with Crippen LogP contribution in [0.5, 0.6) is 5.75 Å². The van der Waals surface area contributed by atoms with Gasteiger partial charge in [0.2, 0.25) is 0 Å². The lowest BCUT2D eigenvalue weighted by atomic mass is 9.94. The maximum Gasteiger partial charge on any atom is 0.303 e. The summed E-state index contributed by atoms with van der Waals surface area (Å²) in [5, 5.41) is 15.3. The van der Waals surface area contributed by atoms with Crippen LogP contribution >= 0.6 is 11.6 Å². The second-order valence-corrected chi connectivity index (χ2v) is 10.5. The summed E-state index contributed by atoms with van der Waals surface area (Å²) in [7, 11) is 1.68. The zero-order chi connectivity index (χ0) is 27.4. The van der Waals surface area contributed by atoms with Gasteiger partial charge in [0.1, 0.15) is 5.75 Å². The van der Waals surface area contributed by atoms with Crippen molar-refractivity contribution in [3.8, 4) is 16.9 Å². The number of carboxylic acids is 1. The van der Waals surface area contributed by atoms with Gasteiger partial charge in [0.15, 0.2) is 5.78 Å². The standard InChI is InChI=1S/C31H33ClN2O4/c1-19(2)16-28(21-8-10-22(11-9-21)29(35)6-5-7-30(36)37)34-27-15-14-25(31(38-4)26(27)18-33-34)24-13-12-23(32)17-20(24)3/h8-15,17-19,28H,5-7,16H2,1-4H3,(H,36,37). The number of hydrogen-bond acceptors (Lipinski definition) is 4. The minimum Gasteiger partial charge on any atom is -0.495 e. The first-order chi connectivity index (χ1) is 18.2. The number of carbonyl (C=O) groups is 2. The number of Topliss-reactive ketones (excluding diaryl/α,β-unsaturated/α-hetero) is 1. The van der Waals surface area contributed by atoms with Crippen LogP contribution in [0, 0.1) is 12.8 Å². The van der Waals surface area contributed by atoms with Gasteiger partial charge in [-0.25, -0.2) is 0 Å². The Balaban J connectivity index is 1.70. The summed E-state index contributed by atoms with van der Waals surface area (Å²) >= 11 is 6.19. The SMILES string of the molecule is COc1c(-c2ccc(Cl)cc2C)ccc2c1cnn2C(CC(C)C)c1ccc(C(=O)CCCC(=O)O)cc1. The van der Waals surface area contributed by atoms with Gasteiger partial charge in [-0.1, -0.05) is 55.8 Å². The Morgan fingerprint density at radius 3 is 2.37 bits per heavy atom. The number of carbonyl (C=O) groups excluding carboxylic acids is 1. The number of halogens is 1. The number of methoxy groups -OCH3 is 1. The lowest BCUT2D eigenvalue weighted by Gasteiger charge is -2.22. The Morgan fingerprint density at radius 1 is 1.03 bits per heavy atom. The summed E-state index contributed by atoms with van der Waals surface area (Å²) in [6.45, 7) is 6.40. The Hall–Kier alpha value is -3.64. The minimum absolute atomic E-state index is 0.00454. The van der Waals surface area contributed by atoms with Crippen molar-refractivity contribution in [3.05, 3.63) is 82.5 Å². The second kappa shape index (κ2) is 11.8. The van der Waals surface area contributed by atoms with Gasteiger partial charge >= 0.3 is 5.97 Å². The van der Waals surface area contributed by atoms with E-state index in [1.54, 1.807) is 7.11 Å². The number of hydrogen-bond donors (Lipinski definition) is 1. The Bertz CT molecular complexity index is 1460. The van der Waals surface area contributed by atoms with Gasteiger partial charge in [-0.05, 0) is 66.6 Å². The summed E-state index contributed by atoms with van der Waals surface area (Å²) in [6.07, 6.45) is 3.28. The first kappa shape index (κ1) is 27.4. The molecule has 0 bridgehead atoms. The van der Waals surface area contributed by atoms with E-state index in [9.17, 15) is 9.59 Å². The molecule has 1 N–H and O–H groups in total. The minimum atomic E-state index is -0.886. The zero-order valence-electron chi connectivity index (χ0n) is 22.2. The number of aliphatic carboxylic acids is 1. The molecule has 0 amide bonds. The van der Waals surface area contributed by atoms with E-state index in [2.05, 4.69) is 26.0 Å². The number of rotatable bonds is 11. The van der Waals surface area contributed by atoms with Crippen LogP contribution in [0.25, 0.3) is 22.0 Å². The third kappa shape index (κ3) is 5.91. The van der Waals surface area contributed by atoms with Crippen molar-refractivity contribution in [2.75, 3.05) is 7.11 Å². The number of aromatic nitrogens is 2. The average molecular weight is 533 g/mol. The molecule has 0 saturated heterocycles. The molecule has 7 heteroatoms. The maximum atomic E-state index is 12.5. The van der Waals surface area contributed by atoms with Gasteiger partial charge in [0, 0.05) is 29.0 Å². The highest BCUT2D eigenvalue weighted by atomic mass is 35.5. The summed E-state index contributed by atoms with van der Waals surface area (Å²) in [5.74, 6) is 0.250. The van der Waals surface area contributed by atoms with E-state index in [0.717, 1.165) is 45.3 Å². The highest BCUT2D eigenvalue weighted by Gasteiger charge is 2.22. The molecule has 0 fully saturated rings. The van der Waals surface area contributed by atoms with Crippen LogP contribution in [0.1, 0.15) is 67.1 Å². The van der Waals surface area contributed by atoms with Crippen LogP contribution < -0.4 is 4.74 Å². The molecule has 1 heterocycles. The smallest absolute Gasteiger partial charge is 0.303 e. The number of ether oxygens (including phenoxy) is 1. The first-order valence-electron chi connectivity index (χ1n) is 12.8. The number of benzene rings is 3. The van der Waals surface area contributed by atoms with Crippen LogP contribution in [0.3, 0.4) is 0 Å². The normalized spacial score (nSPS) is 12.2. The quantitative estimate of drug-likeness (QED) is 0.200. The van der Waals surface area contributed by atoms with Crippen LogP contribution in [0.2, 0.25) is 5.02 Å². The molecular weight excluding hydrogens is 500 g/mol. The molecule has 1 atom stereocenters. The molecule has 4 rings (SSSR count). The highest BCUT2D eigenvalue weighted by molar-refractivity contribution is 6.30. The Morgan fingerprint density at radius 2 is 1.74 bits per heavy atom. The van der Waals surface area contributed by atoms with Gasteiger partial charge in [0.05, 0.1) is 30.3 Å². The molecule has 0 spiro atoms. The summed E-state index contributed by atoms with van der Waals surface area (Å²) < 4.78 is 7.95. The third-order valence-electron chi connectivity index (χ3n) is 6.82. The molecule has 0 saturated carbocycles. The summed E-state index contributed by atoms with van der Waals surface area (Å²) in [5.41, 5.74) is 5.73. The van der Waals surface area contributed by atoms with Crippen LogP contribution in [-0.4, -0.2) is 33.7 Å². The van der Waals surface area contributed by atoms with Crippen molar-refractivity contribution < 1.29 is 19.4 Å². The molecule has 0 aliphatic rings. The lowest BCUT2D eigenvalue weighted by Crippen LogP contribution is -2.15. The molecule has 198 valence electrons. The maximum absolute atomic E-state index is 12.5. The topological polar surface area (TPSA) is 81.4 Å². The largest absolute Gasteiger partial charge is 0.495 e. The van der Waals surface area contributed by atoms with E-state index in [-0.39, 0.29) is 24.7 Å². The van der Waals surface area contributed by atoms with Crippen molar-refractivity contribution in [1.82, 2.24) is 9.78 Å². The van der Waals surface area contributed by atoms with Crippen LogP contribution in [-0.2, 0) is 4.79 Å². The van der Waals surface area contributed by atoms with Crippen molar-refractivity contribution >= 4 is 34.3 Å². The molecule has 0 radical (unpaired) electrons. The van der Waals surface area contributed by atoms with Crippen molar-refractivity contribution in [3.63, 3.8) is 0 Å². The second-order valence-electron chi connectivity index (χ2n) is 10.1. The first-order valence-corrected chi connectivity index (χ1v) is 13.2. The zero-order valence-corrected chi connectivity index (χ0v) is 23.0. The number of carboxylic acid groups (broad SMARTS) is 1. The molecular formula is C31H33ClN2O4. The van der Waals surface area contributed by atoms with Crippen LogP contribution in [0.4, 0.5) is 0 Å². The summed E-state index contributed by atoms with van der Waals surface area (Å²) in [4.78, 5) is 23.3. The fourth-order valence-electron chi connectivity index (χ4n) is 4.96. The van der Waals surface area contributed by atoms with E-state index in [1.165, 1.54) is 0 Å². The fraction of sp³-hybridized carbons (Fsp3) is 0.323. The van der Waals surface area contributed by atoms with Gasteiger partial charge in [-0.3, -0.25) is 14.3 Å². The van der Waals surface area contributed by atoms with E-state index >= 15 is 0 Å². The van der Waals surface area contributed by atoms with Gasteiger partial charge < -0.3 is 9.84 Å². The fourth-order valence-corrected chi connectivity index (χ4v) is 5.19. The molecule has 1 unspecified atom stereocenters. The number of aryl methyl sites for hydroxylation is 1. The van der Waals surface area contributed by atoms with Gasteiger partial charge in [-0.2, -0.15) is 5.10 Å². The molecule has 6 nitrogen and oxygen atoms in total. The predicted molar refractivity (Wildman–Crippen MR) is 151 cm³/mol. The van der Waals surface area contributed by atoms with E-state index < -0.39 is 5.97 Å². The molecule has 1 aromatic heterocycles. The highest BCUT2D eigenvalue weighted by Crippen LogP contribution is 2.40. The Labute approximate surface area is 228 Å². The summed E-state index contributed by atoms with van der Waals surface area (Å²) in [6, 6.07) is 17.6. The van der Waals surface area contributed by atoms with E-state index in [1.807, 2.05) is 60.3 Å². The monoisotopic (exact) mass is 532 g/mol.